The van der Waals surface area contributed by atoms with Crippen molar-refractivity contribution in [2.24, 2.45) is 0 Å². The lowest BCUT2D eigenvalue weighted by Crippen LogP contribution is -2.47. The van der Waals surface area contributed by atoms with Crippen LogP contribution in [0.25, 0.3) is 10.1 Å². The van der Waals surface area contributed by atoms with E-state index in [0.29, 0.717) is 10.8 Å². The standard InChI is InChI=1S/C15H15ClFNOS/c16-9-15(5-1-2-6-15)18-14(19)13-7-10-3-4-11(17)8-12(10)20-13/h3-4,7-8H,1-2,5-6,9H2,(H,18,19). The van der Waals surface area contributed by atoms with Gasteiger partial charge in [0.1, 0.15) is 5.82 Å². The second kappa shape index (κ2) is 5.34. The molecule has 3 rings (SSSR count). The molecule has 1 aromatic carbocycles. The molecule has 1 heterocycles. The zero-order chi connectivity index (χ0) is 14.2. The lowest BCUT2D eigenvalue weighted by Gasteiger charge is -2.27. The molecule has 1 aliphatic rings. The average Bonchev–Trinajstić information content (AvgIpc) is 3.05. The molecule has 0 aliphatic heterocycles. The van der Waals surface area contributed by atoms with Gasteiger partial charge in [-0.2, -0.15) is 0 Å². The second-order valence-electron chi connectivity index (χ2n) is 5.37. The Hall–Kier alpha value is -1.13. The minimum absolute atomic E-state index is 0.103. The van der Waals surface area contributed by atoms with Crippen LogP contribution < -0.4 is 5.32 Å². The third-order valence-electron chi connectivity index (χ3n) is 3.90. The van der Waals surface area contributed by atoms with Crippen LogP contribution in [0.3, 0.4) is 0 Å². The summed E-state index contributed by atoms with van der Waals surface area (Å²) in [6, 6.07) is 6.38. The first-order chi connectivity index (χ1) is 9.62. The molecule has 1 fully saturated rings. The van der Waals surface area contributed by atoms with Crippen LogP contribution in [0.4, 0.5) is 4.39 Å². The minimum atomic E-state index is -0.278. The van der Waals surface area contributed by atoms with Crippen molar-refractivity contribution in [2.75, 3.05) is 5.88 Å². The maximum absolute atomic E-state index is 13.2. The van der Waals surface area contributed by atoms with Crippen LogP contribution in [0, 0.1) is 5.82 Å². The van der Waals surface area contributed by atoms with Crippen molar-refractivity contribution < 1.29 is 9.18 Å². The molecule has 0 saturated heterocycles. The number of rotatable bonds is 3. The van der Waals surface area contributed by atoms with Gasteiger partial charge in [0.05, 0.1) is 10.4 Å². The van der Waals surface area contributed by atoms with Gasteiger partial charge in [-0.1, -0.05) is 18.9 Å². The molecule has 0 radical (unpaired) electrons. The van der Waals surface area contributed by atoms with Gasteiger partial charge in [-0.15, -0.1) is 22.9 Å². The number of hydrogen-bond acceptors (Lipinski definition) is 2. The molecular weight excluding hydrogens is 297 g/mol. The molecule has 0 atom stereocenters. The Morgan fingerprint density at radius 2 is 2.10 bits per heavy atom. The fourth-order valence-electron chi connectivity index (χ4n) is 2.76. The van der Waals surface area contributed by atoms with E-state index in [2.05, 4.69) is 5.32 Å². The summed E-state index contributed by atoms with van der Waals surface area (Å²) in [5.41, 5.74) is -0.264. The van der Waals surface area contributed by atoms with E-state index in [1.165, 1.54) is 23.5 Å². The summed E-state index contributed by atoms with van der Waals surface area (Å²) < 4.78 is 14.0. The van der Waals surface area contributed by atoms with Gasteiger partial charge in [0, 0.05) is 10.6 Å². The van der Waals surface area contributed by atoms with Crippen LogP contribution in [-0.4, -0.2) is 17.3 Å². The molecule has 0 spiro atoms. The highest BCUT2D eigenvalue weighted by Crippen LogP contribution is 2.32. The topological polar surface area (TPSA) is 29.1 Å². The normalized spacial score (nSPS) is 17.5. The van der Waals surface area contributed by atoms with E-state index in [1.54, 1.807) is 6.07 Å². The predicted octanol–water partition coefficient (Wildman–Crippen LogP) is 4.32. The van der Waals surface area contributed by atoms with Crippen LogP contribution in [-0.2, 0) is 0 Å². The molecule has 1 aliphatic carbocycles. The third kappa shape index (κ3) is 2.54. The highest BCUT2D eigenvalue weighted by molar-refractivity contribution is 7.20. The summed E-state index contributed by atoms with van der Waals surface area (Å²) in [6.45, 7) is 0. The first-order valence-electron chi connectivity index (χ1n) is 6.69. The lowest BCUT2D eigenvalue weighted by atomic mass is 10.0. The quantitative estimate of drug-likeness (QED) is 0.840. The van der Waals surface area contributed by atoms with Crippen LogP contribution in [0.5, 0.6) is 0 Å². The van der Waals surface area contributed by atoms with E-state index in [1.807, 2.05) is 6.07 Å². The molecule has 2 aromatic rings. The highest BCUT2D eigenvalue weighted by atomic mass is 35.5. The predicted molar refractivity (Wildman–Crippen MR) is 81.2 cm³/mol. The Bertz CT molecular complexity index is 648. The van der Waals surface area contributed by atoms with Gasteiger partial charge in [0.15, 0.2) is 0 Å². The molecule has 1 N–H and O–H groups in total. The first kappa shape index (κ1) is 13.8. The number of thiophene rings is 1. The van der Waals surface area contributed by atoms with Crippen LogP contribution >= 0.6 is 22.9 Å². The van der Waals surface area contributed by atoms with Crippen molar-refractivity contribution in [1.82, 2.24) is 5.32 Å². The molecule has 106 valence electrons. The van der Waals surface area contributed by atoms with Crippen molar-refractivity contribution in [2.45, 2.75) is 31.2 Å². The van der Waals surface area contributed by atoms with Gasteiger partial charge >= 0.3 is 0 Å². The van der Waals surface area contributed by atoms with E-state index in [-0.39, 0.29) is 17.3 Å². The fourth-order valence-corrected chi connectivity index (χ4v) is 4.08. The Kier molecular flexibility index (Phi) is 3.69. The zero-order valence-electron chi connectivity index (χ0n) is 10.9. The molecule has 1 aromatic heterocycles. The number of hydrogen-bond donors (Lipinski definition) is 1. The summed E-state index contributed by atoms with van der Waals surface area (Å²) in [5.74, 6) is 0.0617. The Labute approximate surface area is 125 Å². The molecule has 0 unspecified atom stereocenters. The number of carbonyl (C=O) groups excluding carboxylic acids is 1. The minimum Gasteiger partial charge on any atom is -0.345 e. The molecular formula is C15H15ClFNOS. The first-order valence-corrected chi connectivity index (χ1v) is 8.05. The Morgan fingerprint density at radius 1 is 1.35 bits per heavy atom. The van der Waals surface area contributed by atoms with Gasteiger partial charge in [-0.25, -0.2) is 4.39 Å². The Balaban J connectivity index is 1.85. The van der Waals surface area contributed by atoms with Crippen molar-refractivity contribution in [3.63, 3.8) is 0 Å². The summed E-state index contributed by atoms with van der Waals surface area (Å²) in [7, 11) is 0. The van der Waals surface area contributed by atoms with Gasteiger partial charge in [0.25, 0.3) is 5.91 Å². The van der Waals surface area contributed by atoms with Gasteiger partial charge in [0.2, 0.25) is 0 Å². The van der Waals surface area contributed by atoms with Crippen molar-refractivity contribution >= 4 is 38.9 Å². The lowest BCUT2D eigenvalue weighted by molar-refractivity contribution is 0.0913. The van der Waals surface area contributed by atoms with Crippen LogP contribution in [0.15, 0.2) is 24.3 Å². The SMILES string of the molecule is O=C(NC1(CCl)CCCC1)c1cc2ccc(F)cc2s1. The second-order valence-corrected chi connectivity index (χ2v) is 6.72. The zero-order valence-corrected chi connectivity index (χ0v) is 12.5. The number of halogens is 2. The number of fused-ring (bicyclic) bond motifs is 1. The summed E-state index contributed by atoms with van der Waals surface area (Å²) in [4.78, 5) is 13.0. The molecule has 1 amide bonds. The molecule has 20 heavy (non-hydrogen) atoms. The van der Waals surface area contributed by atoms with Gasteiger partial charge < -0.3 is 5.32 Å². The van der Waals surface area contributed by atoms with Crippen LogP contribution in [0.2, 0.25) is 0 Å². The summed E-state index contributed by atoms with van der Waals surface area (Å²) in [5, 5.41) is 3.98. The summed E-state index contributed by atoms with van der Waals surface area (Å²) >= 11 is 7.35. The van der Waals surface area contributed by atoms with Crippen molar-refractivity contribution in [3.8, 4) is 0 Å². The molecule has 0 bridgehead atoms. The van der Waals surface area contributed by atoms with E-state index >= 15 is 0 Å². The van der Waals surface area contributed by atoms with Gasteiger partial charge in [-0.3, -0.25) is 4.79 Å². The number of carbonyl (C=O) groups is 1. The maximum Gasteiger partial charge on any atom is 0.261 e. The molecule has 2 nitrogen and oxygen atoms in total. The Morgan fingerprint density at radius 3 is 2.80 bits per heavy atom. The number of nitrogens with one attached hydrogen (secondary N) is 1. The maximum atomic E-state index is 13.2. The van der Waals surface area contributed by atoms with E-state index < -0.39 is 0 Å². The largest absolute Gasteiger partial charge is 0.345 e. The van der Waals surface area contributed by atoms with Crippen molar-refractivity contribution in [1.29, 1.82) is 0 Å². The monoisotopic (exact) mass is 311 g/mol. The van der Waals surface area contributed by atoms with E-state index in [0.717, 1.165) is 35.8 Å². The number of amides is 1. The van der Waals surface area contributed by atoms with Crippen molar-refractivity contribution in [3.05, 3.63) is 35.0 Å². The number of benzene rings is 1. The molecule has 1 saturated carbocycles. The van der Waals surface area contributed by atoms with Crippen LogP contribution in [0.1, 0.15) is 35.4 Å². The molecule has 5 heteroatoms. The summed E-state index contributed by atoms with van der Waals surface area (Å²) in [6.07, 6.45) is 4.07. The van der Waals surface area contributed by atoms with E-state index in [4.69, 9.17) is 11.6 Å². The highest BCUT2D eigenvalue weighted by Gasteiger charge is 2.34. The van der Waals surface area contributed by atoms with E-state index in [9.17, 15) is 9.18 Å². The smallest absolute Gasteiger partial charge is 0.261 e. The third-order valence-corrected chi connectivity index (χ3v) is 5.51. The number of alkyl halides is 1. The van der Waals surface area contributed by atoms with Gasteiger partial charge in [-0.05, 0) is 36.4 Å². The fraction of sp³-hybridized carbons (Fsp3) is 0.400. The average molecular weight is 312 g/mol.